The predicted molar refractivity (Wildman–Crippen MR) is 88.5 cm³/mol. The lowest BCUT2D eigenvalue weighted by molar-refractivity contribution is -0.121. The van der Waals surface area contributed by atoms with E-state index in [0.29, 0.717) is 29.6 Å². The zero-order chi connectivity index (χ0) is 16.9. The van der Waals surface area contributed by atoms with E-state index in [1.165, 1.54) is 24.8 Å². The number of amides is 1. The van der Waals surface area contributed by atoms with Crippen LogP contribution in [0.4, 0.5) is 4.39 Å². The fourth-order valence-corrected chi connectivity index (χ4v) is 3.22. The highest BCUT2D eigenvalue weighted by Gasteiger charge is 2.25. The van der Waals surface area contributed by atoms with E-state index < -0.39 is 0 Å². The number of nitrogens with zero attached hydrogens (tertiary/aromatic N) is 1. The van der Waals surface area contributed by atoms with Crippen molar-refractivity contribution in [1.29, 1.82) is 0 Å². The third kappa shape index (κ3) is 4.00. The number of benzene rings is 1. The van der Waals surface area contributed by atoms with Crippen molar-refractivity contribution >= 4 is 5.91 Å². The molecule has 0 radical (unpaired) electrons. The summed E-state index contributed by atoms with van der Waals surface area (Å²) in [5.41, 5.74) is 7.04. The van der Waals surface area contributed by atoms with Crippen LogP contribution in [0.1, 0.15) is 31.4 Å². The molecule has 24 heavy (non-hydrogen) atoms. The highest BCUT2D eigenvalue weighted by atomic mass is 19.1. The maximum atomic E-state index is 13.0. The Morgan fingerprint density at radius 2 is 2.04 bits per heavy atom. The fraction of sp³-hybridized carbons (Fsp3) is 0.444. The number of halogens is 1. The van der Waals surface area contributed by atoms with Crippen LogP contribution >= 0.6 is 0 Å². The van der Waals surface area contributed by atoms with Gasteiger partial charge in [0.1, 0.15) is 12.1 Å². The highest BCUT2D eigenvalue weighted by molar-refractivity contribution is 5.78. The molecular formula is C18H22FN3O2. The molecule has 5 nitrogen and oxygen atoms in total. The lowest BCUT2D eigenvalue weighted by atomic mass is 9.84. The topological polar surface area (TPSA) is 81.1 Å². The largest absolute Gasteiger partial charge is 0.444 e. The SMILES string of the molecule is NCC1CCCCC1NC(=O)Cc1coc(-c2ccc(F)cc2)n1. The number of hydrogen-bond donors (Lipinski definition) is 2. The third-order valence-electron chi connectivity index (χ3n) is 4.54. The van der Waals surface area contributed by atoms with Crippen LogP contribution in [-0.4, -0.2) is 23.5 Å². The summed E-state index contributed by atoms with van der Waals surface area (Å²) in [6.45, 7) is 0.601. The second kappa shape index (κ2) is 7.57. The van der Waals surface area contributed by atoms with Gasteiger partial charge in [0, 0.05) is 11.6 Å². The molecule has 0 aliphatic heterocycles. The predicted octanol–water partition coefficient (Wildman–Crippen LogP) is 2.66. The lowest BCUT2D eigenvalue weighted by Gasteiger charge is -2.31. The summed E-state index contributed by atoms with van der Waals surface area (Å²) in [6, 6.07) is 6.04. The Morgan fingerprint density at radius 1 is 1.29 bits per heavy atom. The van der Waals surface area contributed by atoms with Gasteiger partial charge in [0.05, 0.1) is 12.1 Å². The Balaban J connectivity index is 1.59. The average molecular weight is 331 g/mol. The van der Waals surface area contributed by atoms with Crippen molar-refractivity contribution in [1.82, 2.24) is 10.3 Å². The molecule has 0 spiro atoms. The molecule has 1 aliphatic rings. The summed E-state index contributed by atoms with van der Waals surface area (Å²) in [5.74, 6) is 0.358. The Kier molecular flexibility index (Phi) is 5.25. The smallest absolute Gasteiger partial charge is 0.226 e. The van der Waals surface area contributed by atoms with Crippen molar-refractivity contribution < 1.29 is 13.6 Å². The Hall–Kier alpha value is -2.21. The maximum Gasteiger partial charge on any atom is 0.226 e. The first-order chi connectivity index (χ1) is 11.7. The van der Waals surface area contributed by atoms with Gasteiger partial charge < -0.3 is 15.5 Å². The van der Waals surface area contributed by atoms with Crippen molar-refractivity contribution in [3.63, 3.8) is 0 Å². The van der Waals surface area contributed by atoms with Crippen LogP contribution < -0.4 is 11.1 Å². The molecular weight excluding hydrogens is 309 g/mol. The molecule has 6 heteroatoms. The number of nitrogens with two attached hydrogens (primary N) is 1. The van der Waals surface area contributed by atoms with Gasteiger partial charge >= 0.3 is 0 Å². The summed E-state index contributed by atoms with van der Waals surface area (Å²) in [4.78, 5) is 16.6. The molecule has 0 bridgehead atoms. The lowest BCUT2D eigenvalue weighted by Crippen LogP contribution is -2.45. The van der Waals surface area contributed by atoms with E-state index in [1.807, 2.05) is 0 Å². The average Bonchev–Trinajstić information content (AvgIpc) is 3.04. The molecule has 1 fully saturated rings. The molecule has 1 aromatic carbocycles. The van der Waals surface area contributed by atoms with Crippen LogP contribution in [0, 0.1) is 11.7 Å². The normalized spacial score (nSPS) is 20.8. The number of carbonyl (C=O) groups excluding carboxylic acids is 1. The van der Waals surface area contributed by atoms with E-state index in [2.05, 4.69) is 10.3 Å². The van der Waals surface area contributed by atoms with Crippen molar-refractivity contribution in [2.24, 2.45) is 11.7 Å². The van der Waals surface area contributed by atoms with Gasteiger partial charge in [-0.3, -0.25) is 4.79 Å². The molecule has 2 atom stereocenters. The zero-order valence-corrected chi connectivity index (χ0v) is 13.5. The maximum absolute atomic E-state index is 13.0. The van der Waals surface area contributed by atoms with Crippen LogP contribution in [0.25, 0.3) is 11.5 Å². The van der Waals surface area contributed by atoms with Crippen LogP contribution in [0.15, 0.2) is 34.9 Å². The molecule has 3 rings (SSSR count). The molecule has 1 heterocycles. The molecule has 0 saturated heterocycles. The van der Waals surface area contributed by atoms with Crippen LogP contribution in [0.5, 0.6) is 0 Å². The standard InChI is InChI=1S/C18H22FN3O2/c19-14-7-5-12(6-8-14)18-21-15(11-24-18)9-17(23)22-16-4-2-1-3-13(16)10-20/h5-8,11,13,16H,1-4,9-10,20H2,(H,22,23). The van der Waals surface area contributed by atoms with Gasteiger partial charge in [0.25, 0.3) is 0 Å². The Labute approximate surface area is 140 Å². The van der Waals surface area contributed by atoms with Crippen molar-refractivity contribution in [2.75, 3.05) is 6.54 Å². The van der Waals surface area contributed by atoms with E-state index >= 15 is 0 Å². The summed E-state index contributed by atoms with van der Waals surface area (Å²) in [5, 5.41) is 3.07. The second-order valence-electron chi connectivity index (χ2n) is 6.28. The first-order valence-electron chi connectivity index (χ1n) is 8.35. The van der Waals surface area contributed by atoms with Gasteiger partial charge in [0.15, 0.2) is 0 Å². The van der Waals surface area contributed by atoms with E-state index in [9.17, 15) is 9.18 Å². The molecule has 1 saturated carbocycles. The molecule has 2 aromatic rings. The zero-order valence-electron chi connectivity index (χ0n) is 13.5. The van der Waals surface area contributed by atoms with Crippen molar-refractivity contribution in [3.8, 4) is 11.5 Å². The minimum atomic E-state index is -0.313. The van der Waals surface area contributed by atoms with Gasteiger partial charge in [-0.05, 0) is 49.6 Å². The molecule has 3 N–H and O–H groups in total. The van der Waals surface area contributed by atoms with Crippen LogP contribution in [0.2, 0.25) is 0 Å². The van der Waals surface area contributed by atoms with E-state index in [4.69, 9.17) is 10.2 Å². The van der Waals surface area contributed by atoms with Gasteiger partial charge in [-0.2, -0.15) is 0 Å². The Morgan fingerprint density at radius 3 is 2.79 bits per heavy atom. The van der Waals surface area contributed by atoms with Crippen LogP contribution in [0.3, 0.4) is 0 Å². The van der Waals surface area contributed by atoms with Gasteiger partial charge in [-0.15, -0.1) is 0 Å². The van der Waals surface area contributed by atoms with Gasteiger partial charge in [0.2, 0.25) is 11.8 Å². The van der Waals surface area contributed by atoms with Crippen LogP contribution in [-0.2, 0) is 11.2 Å². The number of oxazole rings is 1. The number of hydrogen-bond acceptors (Lipinski definition) is 4. The summed E-state index contributed by atoms with van der Waals surface area (Å²) >= 11 is 0. The van der Waals surface area contributed by atoms with E-state index in [-0.39, 0.29) is 24.2 Å². The highest BCUT2D eigenvalue weighted by Crippen LogP contribution is 2.24. The summed E-state index contributed by atoms with van der Waals surface area (Å²) in [6.07, 6.45) is 5.99. The number of carbonyl (C=O) groups is 1. The first-order valence-corrected chi connectivity index (χ1v) is 8.35. The Bertz CT molecular complexity index is 684. The van der Waals surface area contributed by atoms with Gasteiger partial charge in [-0.1, -0.05) is 12.8 Å². The molecule has 128 valence electrons. The number of rotatable bonds is 5. The molecule has 1 amide bonds. The molecule has 1 aromatic heterocycles. The number of aromatic nitrogens is 1. The number of nitrogens with one attached hydrogen (secondary N) is 1. The van der Waals surface area contributed by atoms with Crippen molar-refractivity contribution in [3.05, 3.63) is 42.0 Å². The monoisotopic (exact) mass is 331 g/mol. The van der Waals surface area contributed by atoms with Gasteiger partial charge in [-0.25, -0.2) is 9.37 Å². The van der Waals surface area contributed by atoms with E-state index in [0.717, 1.165) is 19.3 Å². The quantitative estimate of drug-likeness (QED) is 0.882. The minimum absolute atomic E-state index is 0.0701. The van der Waals surface area contributed by atoms with Crippen molar-refractivity contribution in [2.45, 2.75) is 38.1 Å². The molecule has 2 unspecified atom stereocenters. The first kappa shape index (κ1) is 16.6. The third-order valence-corrected chi connectivity index (χ3v) is 4.54. The van der Waals surface area contributed by atoms with E-state index in [1.54, 1.807) is 12.1 Å². The summed E-state index contributed by atoms with van der Waals surface area (Å²) in [7, 11) is 0. The minimum Gasteiger partial charge on any atom is -0.444 e. The fourth-order valence-electron chi connectivity index (χ4n) is 3.22. The second-order valence-corrected chi connectivity index (χ2v) is 6.28. The summed E-state index contributed by atoms with van der Waals surface area (Å²) < 4.78 is 18.3. The molecule has 1 aliphatic carbocycles.